The molecule has 0 aromatic heterocycles. The van der Waals surface area contributed by atoms with Crippen molar-refractivity contribution in [3.63, 3.8) is 0 Å². The lowest BCUT2D eigenvalue weighted by Crippen LogP contribution is -2.38. The molecule has 1 aromatic rings. The minimum atomic E-state index is 0.113. The van der Waals surface area contributed by atoms with Crippen molar-refractivity contribution in [2.75, 3.05) is 20.2 Å². The maximum Gasteiger partial charge on any atom is 0.0710 e. The van der Waals surface area contributed by atoms with Gasteiger partial charge in [-0.1, -0.05) is 28.1 Å². The SMILES string of the molecule is COC1CCN(C(c2ccc(Br)cc2)C(C)N)C1. The summed E-state index contributed by atoms with van der Waals surface area (Å²) in [6, 6.07) is 8.85. The zero-order valence-electron chi connectivity index (χ0n) is 11.0. The van der Waals surface area contributed by atoms with Crippen LogP contribution < -0.4 is 5.73 Å². The van der Waals surface area contributed by atoms with Gasteiger partial charge in [0.1, 0.15) is 0 Å². The maximum absolute atomic E-state index is 6.18. The van der Waals surface area contributed by atoms with E-state index in [1.807, 2.05) is 0 Å². The molecule has 18 heavy (non-hydrogen) atoms. The Hall–Kier alpha value is -0.420. The Morgan fingerprint density at radius 3 is 2.56 bits per heavy atom. The maximum atomic E-state index is 6.18. The third-order valence-corrected chi connectivity index (χ3v) is 4.14. The van der Waals surface area contributed by atoms with Gasteiger partial charge < -0.3 is 10.5 Å². The van der Waals surface area contributed by atoms with E-state index in [2.05, 4.69) is 52.0 Å². The normalized spacial score (nSPS) is 24.1. The largest absolute Gasteiger partial charge is 0.380 e. The molecule has 1 heterocycles. The van der Waals surface area contributed by atoms with Crippen molar-refractivity contribution in [2.24, 2.45) is 5.73 Å². The summed E-state index contributed by atoms with van der Waals surface area (Å²) in [6.07, 6.45) is 1.44. The van der Waals surface area contributed by atoms with Crippen LogP contribution in [0.5, 0.6) is 0 Å². The van der Waals surface area contributed by atoms with Gasteiger partial charge in [0, 0.05) is 36.8 Å². The average molecular weight is 313 g/mol. The zero-order chi connectivity index (χ0) is 13.1. The summed E-state index contributed by atoms with van der Waals surface area (Å²) in [5.41, 5.74) is 7.46. The summed E-state index contributed by atoms with van der Waals surface area (Å²) in [5.74, 6) is 0. The molecule has 3 unspecified atom stereocenters. The molecule has 1 aliphatic rings. The van der Waals surface area contributed by atoms with Crippen molar-refractivity contribution in [3.8, 4) is 0 Å². The summed E-state index contributed by atoms with van der Waals surface area (Å²) in [5, 5.41) is 0. The predicted octanol–water partition coefficient (Wildman–Crippen LogP) is 2.56. The van der Waals surface area contributed by atoms with E-state index in [0.29, 0.717) is 6.10 Å². The summed E-state index contributed by atoms with van der Waals surface area (Å²) >= 11 is 3.47. The van der Waals surface area contributed by atoms with Gasteiger partial charge in [-0.3, -0.25) is 4.90 Å². The van der Waals surface area contributed by atoms with Crippen LogP contribution in [-0.2, 0) is 4.74 Å². The van der Waals surface area contributed by atoms with Gasteiger partial charge in [-0.05, 0) is 31.0 Å². The number of ether oxygens (including phenoxy) is 1. The Labute approximate surface area is 117 Å². The number of nitrogens with zero attached hydrogens (tertiary/aromatic N) is 1. The number of methoxy groups -OCH3 is 1. The molecule has 2 N–H and O–H groups in total. The number of benzene rings is 1. The molecule has 0 radical (unpaired) electrons. The van der Waals surface area contributed by atoms with Crippen molar-refractivity contribution in [1.29, 1.82) is 0 Å². The van der Waals surface area contributed by atoms with Crippen LogP contribution >= 0.6 is 15.9 Å². The highest BCUT2D eigenvalue weighted by atomic mass is 79.9. The van der Waals surface area contributed by atoms with Crippen LogP contribution in [0.1, 0.15) is 24.9 Å². The van der Waals surface area contributed by atoms with Crippen molar-refractivity contribution >= 4 is 15.9 Å². The van der Waals surface area contributed by atoms with Crippen LogP contribution in [0, 0.1) is 0 Å². The Morgan fingerprint density at radius 1 is 1.39 bits per heavy atom. The quantitative estimate of drug-likeness (QED) is 0.928. The minimum absolute atomic E-state index is 0.113. The van der Waals surface area contributed by atoms with E-state index in [1.54, 1.807) is 7.11 Å². The third kappa shape index (κ3) is 3.12. The number of hydrogen-bond donors (Lipinski definition) is 1. The van der Waals surface area contributed by atoms with Gasteiger partial charge in [0.25, 0.3) is 0 Å². The minimum Gasteiger partial charge on any atom is -0.380 e. The van der Waals surface area contributed by atoms with Crippen LogP contribution in [0.15, 0.2) is 28.7 Å². The topological polar surface area (TPSA) is 38.5 Å². The summed E-state index contributed by atoms with van der Waals surface area (Å²) < 4.78 is 6.54. The van der Waals surface area contributed by atoms with Gasteiger partial charge in [0.15, 0.2) is 0 Å². The lowest BCUT2D eigenvalue weighted by molar-refractivity contribution is 0.0982. The lowest BCUT2D eigenvalue weighted by Gasteiger charge is -2.31. The first kappa shape index (κ1) is 14.0. The highest BCUT2D eigenvalue weighted by Crippen LogP contribution is 2.29. The fraction of sp³-hybridized carbons (Fsp3) is 0.571. The van der Waals surface area contributed by atoms with Gasteiger partial charge in [-0.15, -0.1) is 0 Å². The number of rotatable bonds is 4. The van der Waals surface area contributed by atoms with Crippen molar-refractivity contribution < 1.29 is 4.74 Å². The first-order valence-corrected chi connectivity index (χ1v) is 7.19. The molecule has 3 atom stereocenters. The lowest BCUT2D eigenvalue weighted by atomic mass is 10.00. The van der Waals surface area contributed by atoms with Crippen molar-refractivity contribution in [1.82, 2.24) is 4.90 Å². The molecule has 2 rings (SSSR count). The molecule has 0 spiro atoms. The second kappa shape index (κ2) is 6.15. The summed E-state index contributed by atoms with van der Waals surface area (Å²) in [6.45, 7) is 4.10. The molecule has 1 aromatic carbocycles. The van der Waals surface area contributed by atoms with Crippen LogP contribution in [0.2, 0.25) is 0 Å². The van der Waals surface area contributed by atoms with E-state index in [0.717, 1.165) is 24.0 Å². The highest BCUT2D eigenvalue weighted by molar-refractivity contribution is 9.10. The van der Waals surface area contributed by atoms with E-state index in [4.69, 9.17) is 10.5 Å². The third-order valence-electron chi connectivity index (χ3n) is 3.61. The summed E-state index contributed by atoms with van der Waals surface area (Å²) in [4.78, 5) is 2.43. The molecule has 0 amide bonds. The first-order valence-electron chi connectivity index (χ1n) is 6.39. The van der Waals surface area contributed by atoms with E-state index >= 15 is 0 Å². The smallest absolute Gasteiger partial charge is 0.0710 e. The molecule has 1 saturated heterocycles. The molecule has 1 fully saturated rings. The van der Waals surface area contributed by atoms with Gasteiger partial charge >= 0.3 is 0 Å². The van der Waals surface area contributed by atoms with Crippen LogP contribution in [-0.4, -0.2) is 37.2 Å². The Bertz CT molecular complexity index is 380. The standard InChI is InChI=1S/C14H21BrN2O/c1-10(16)14(11-3-5-12(15)6-4-11)17-8-7-13(9-17)18-2/h3-6,10,13-14H,7-9,16H2,1-2H3. The average Bonchev–Trinajstić information content (AvgIpc) is 2.80. The summed E-state index contributed by atoms with van der Waals surface area (Å²) in [7, 11) is 1.79. The molecular formula is C14H21BrN2O. The van der Waals surface area contributed by atoms with Gasteiger partial charge in [0.05, 0.1) is 6.10 Å². The molecule has 1 aliphatic heterocycles. The molecular weight excluding hydrogens is 292 g/mol. The van der Waals surface area contributed by atoms with Crippen LogP contribution in [0.3, 0.4) is 0 Å². The highest BCUT2D eigenvalue weighted by Gasteiger charge is 2.31. The number of likely N-dealkylation sites (tertiary alicyclic amines) is 1. The van der Waals surface area contributed by atoms with E-state index in [-0.39, 0.29) is 12.1 Å². The zero-order valence-corrected chi connectivity index (χ0v) is 12.6. The monoisotopic (exact) mass is 312 g/mol. The van der Waals surface area contributed by atoms with Gasteiger partial charge in [-0.2, -0.15) is 0 Å². The van der Waals surface area contributed by atoms with Crippen LogP contribution in [0.25, 0.3) is 0 Å². The Kier molecular flexibility index (Phi) is 4.78. The van der Waals surface area contributed by atoms with E-state index < -0.39 is 0 Å². The number of nitrogens with two attached hydrogens (primary N) is 1. The second-order valence-corrected chi connectivity index (χ2v) is 5.91. The molecule has 4 heteroatoms. The Morgan fingerprint density at radius 2 is 2.06 bits per heavy atom. The van der Waals surface area contributed by atoms with Gasteiger partial charge in [-0.25, -0.2) is 0 Å². The number of hydrogen-bond acceptors (Lipinski definition) is 3. The van der Waals surface area contributed by atoms with Crippen molar-refractivity contribution in [2.45, 2.75) is 31.5 Å². The van der Waals surface area contributed by atoms with Crippen LogP contribution in [0.4, 0.5) is 0 Å². The molecule has 3 nitrogen and oxygen atoms in total. The van der Waals surface area contributed by atoms with Gasteiger partial charge in [0.2, 0.25) is 0 Å². The fourth-order valence-electron chi connectivity index (χ4n) is 2.71. The van der Waals surface area contributed by atoms with E-state index in [1.165, 1.54) is 5.56 Å². The fourth-order valence-corrected chi connectivity index (χ4v) is 2.97. The Balaban J connectivity index is 2.16. The second-order valence-electron chi connectivity index (χ2n) is 5.00. The molecule has 100 valence electrons. The molecule has 0 aliphatic carbocycles. The molecule has 0 bridgehead atoms. The van der Waals surface area contributed by atoms with E-state index in [9.17, 15) is 0 Å². The number of halogens is 1. The first-order chi connectivity index (χ1) is 8.61. The van der Waals surface area contributed by atoms with Crippen molar-refractivity contribution in [3.05, 3.63) is 34.3 Å². The predicted molar refractivity (Wildman–Crippen MR) is 77.5 cm³/mol. The molecule has 0 saturated carbocycles.